The molecule has 1 unspecified atom stereocenters. The first-order valence-corrected chi connectivity index (χ1v) is 8.41. The van der Waals surface area contributed by atoms with E-state index >= 15 is 0 Å². The van der Waals surface area contributed by atoms with Gasteiger partial charge in [0.05, 0.1) is 0 Å². The Labute approximate surface area is 138 Å². The molecule has 0 radical (unpaired) electrons. The Hall–Kier alpha value is -1.59. The molecule has 2 amide bonds. The number of carbonyl (C=O) groups is 1. The summed E-state index contributed by atoms with van der Waals surface area (Å²) in [6.45, 7) is 7.48. The van der Waals surface area contributed by atoms with E-state index in [1.807, 2.05) is 24.3 Å². The second-order valence-electron chi connectivity index (χ2n) is 7.24. The minimum absolute atomic E-state index is 0.0748. The standard InChI is InChI=1S/C18H29N3O2/c1-13(19-12-18(2,3)10-11-22)14-4-6-15(7-5-14)20-17(23)21-16-8-9-16/h4-7,13,16,19,22H,8-12H2,1-3H3,(H2,20,21,23). The third kappa shape index (κ3) is 6.20. The maximum Gasteiger partial charge on any atom is 0.319 e. The van der Waals surface area contributed by atoms with E-state index in [0.717, 1.165) is 31.5 Å². The van der Waals surface area contributed by atoms with Gasteiger partial charge in [-0.25, -0.2) is 4.79 Å². The van der Waals surface area contributed by atoms with Crippen molar-refractivity contribution in [2.75, 3.05) is 18.5 Å². The van der Waals surface area contributed by atoms with Crippen LogP contribution in [0, 0.1) is 5.41 Å². The number of aliphatic hydroxyl groups is 1. The molecule has 1 aliphatic carbocycles. The van der Waals surface area contributed by atoms with Gasteiger partial charge >= 0.3 is 6.03 Å². The predicted molar refractivity (Wildman–Crippen MR) is 93.5 cm³/mol. The number of amides is 2. The molecular formula is C18H29N3O2. The van der Waals surface area contributed by atoms with Crippen molar-refractivity contribution in [1.82, 2.24) is 10.6 Å². The Morgan fingerprint density at radius 3 is 2.52 bits per heavy atom. The lowest BCUT2D eigenvalue weighted by Gasteiger charge is -2.26. The third-order valence-corrected chi connectivity index (χ3v) is 4.26. The molecule has 0 heterocycles. The first-order chi connectivity index (χ1) is 10.9. The van der Waals surface area contributed by atoms with E-state index in [9.17, 15) is 4.79 Å². The van der Waals surface area contributed by atoms with Gasteiger partial charge in [0, 0.05) is 30.9 Å². The normalized spacial score (nSPS) is 16.0. The fourth-order valence-corrected chi connectivity index (χ4v) is 2.37. The minimum atomic E-state index is -0.128. The topological polar surface area (TPSA) is 73.4 Å². The molecule has 0 spiro atoms. The van der Waals surface area contributed by atoms with Crippen LogP contribution in [-0.2, 0) is 0 Å². The summed E-state index contributed by atoms with van der Waals surface area (Å²) in [6, 6.07) is 8.38. The maximum atomic E-state index is 11.7. The highest BCUT2D eigenvalue weighted by Gasteiger charge is 2.23. The summed E-state index contributed by atoms with van der Waals surface area (Å²) in [5.74, 6) is 0. The van der Waals surface area contributed by atoms with Crippen LogP contribution < -0.4 is 16.0 Å². The van der Waals surface area contributed by atoms with Gasteiger partial charge in [0.15, 0.2) is 0 Å². The molecule has 128 valence electrons. The van der Waals surface area contributed by atoms with Crippen LogP contribution in [0.25, 0.3) is 0 Å². The number of rotatable bonds is 8. The van der Waals surface area contributed by atoms with Crippen LogP contribution in [0.15, 0.2) is 24.3 Å². The molecule has 5 heteroatoms. The number of hydrogen-bond donors (Lipinski definition) is 4. The van der Waals surface area contributed by atoms with Gasteiger partial charge in [0.1, 0.15) is 0 Å². The number of anilines is 1. The summed E-state index contributed by atoms with van der Waals surface area (Å²) in [5.41, 5.74) is 2.06. The van der Waals surface area contributed by atoms with Crippen LogP contribution in [0.1, 0.15) is 51.6 Å². The van der Waals surface area contributed by atoms with Crippen molar-refractivity contribution in [1.29, 1.82) is 0 Å². The molecule has 1 aliphatic rings. The molecule has 1 aromatic rings. The van der Waals surface area contributed by atoms with Crippen molar-refractivity contribution in [2.24, 2.45) is 5.41 Å². The number of urea groups is 1. The molecule has 1 atom stereocenters. The third-order valence-electron chi connectivity index (χ3n) is 4.26. The number of carbonyl (C=O) groups excluding carboxylic acids is 1. The minimum Gasteiger partial charge on any atom is -0.396 e. The Morgan fingerprint density at radius 2 is 1.96 bits per heavy atom. The van der Waals surface area contributed by atoms with Crippen molar-refractivity contribution in [3.63, 3.8) is 0 Å². The van der Waals surface area contributed by atoms with Gasteiger partial charge in [-0.1, -0.05) is 26.0 Å². The lowest BCUT2D eigenvalue weighted by molar-refractivity contribution is 0.203. The fourth-order valence-electron chi connectivity index (χ4n) is 2.37. The quantitative estimate of drug-likeness (QED) is 0.595. The highest BCUT2D eigenvalue weighted by molar-refractivity contribution is 5.89. The second-order valence-corrected chi connectivity index (χ2v) is 7.24. The van der Waals surface area contributed by atoms with Gasteiger partial charge in [-0.15, -0.1) is 0 Å². The van der Waals surface area contributed by atoms with Crippen molar-refractivity contribution >= 4 is 11.7 Å². The van der Waals surface area contributed by atoms with Gasteiger partial charge in [-0.05, 0) is 49.3 Å². The first-order valence-electron chi connectivity index (χ1n) is 8.41. The van der Waals surface area contributed by atoms with Crippen LogP contribution in [0.5, 0.6) is 0 Å². The van der Waals surface area contributed by atoms with Gasteiger partial charge in [-0.3, -0.25) is 0 Å². The first kappa shape index (κ1) is 17.8. The fraction of sp³-hybridized carbons (Fsp3) is 0.611. The Bertz CT molecular complexity index is 510. The molecular weight excluding hydrogens is 290 g/mol. The smallest absolute Gasteiger partial charge is 0.319 e. The van der Waals surface area contributed by atoms with Crippen molar-refractivity contribution in [2.45, 2.75) is 52.1 Å². The van der Waals surface area contributed by atoms with E-state index in [1.165, 1.54) is 5.56 Å². The summed E-state index contributed by atoms with van der Waals surface area (Å²) < 4.78 is 0. The van der Waals surface area contributed by atoms with E-state index in [4.69, 9.17) is 5.11 Å². The number of hydrogen-bond acceptors (Lipinski definition) is 3. The summed E-state index contributed by atoms with van der Waals surface area (Å²) in [7, 11) is 0. The molecule has 0 bridgehead atoms. The zero-order valence-corrected chi connectivity index (χ0v) is 14.4. The summed E-state index contributed by atoms with van der Waals surface area (Å²) in [4.78, 5) is 11.7. The number of benzene rings is 1. The molecule has 4 N–H and O–H groups in total. The van der Waals surface area contributed by atoms with Crippen molar-refractivity contribution in [3.05, 3.63) is 29.8 Å². The highest BCUT2D eigenvalue weighted by atomic mass is 16.3. The van der Waals surface area contributed by atoms with Gasteiger partial charge in [0.25, 0.3) is 0 Å². The van der Waals surface area contributed by atoms with E-state index < -0.39 is 0 Å². The average molecular weight is 319 g/mol. The summed E-state index contributed by atoms with van der Waals surface area (Å²) >= 11 is 0. The highest BCUT2D eigenvalue weighted by Crippen LogP contribution is 2.22. The monoisotopic (exact) mass is 319 g/mol. The second kappa shape index (κ2) is 7.79. The van der Waals surface area contributed by atoms with Crippen LogP contribution in [0.4, 0.5) is 10.5 Å². The van der Waals surface area contributed by atoms with E-state index in [1.54, 1.807) is 0 Å². The number of nitrogens with one attached hydrogen (secondary N) is 3. The summed E-state index contributed by atoms with van der Waals surface area (Å²) in [5, 5.41) is 18.3. The largest absolute Gasteiger partial charge is 0.396 e. The molecule has 1 fully saturated rings. The maximum absolute atomic E-state index is 11.7. The molecule has 0 aliphatic heterocycles. The van der Waals surface area contributed by atoms with Crippen molar-refractivity contribution < 1.29 is 9.90 Å². The number of aliphatic hydroxyl groups excluding tert-OH is 1. The predicted octanol–water partition coefficient (Wildman–Crippen LogP) is 3.03. The molecule has 1 saturated carbocycles. The molecule has 2 rings (SSSR count). The Morgan fingerprint density at radius 1 is 1.30 bits per heavy atom. The van der Waals surface area contributed by atoms with E-state index in [2.05, 4.69) is 36.7 Å². The van der Waals surface area contributed by atoms with Gasteiger partial charge in [0.2, 0.25) is 0 Å². The van der Waals surface area contributed by atoms with Crippen LogP contribution in [0.2, 0.25) is 0 Å². The van der Waals surface area contributed by atoms with Crippen LogP contribution in [0.3, 0.4) is 0 Å². The lowest BCUT2D eigenvalue weighted by atomic mass is 9.89. The van der Waals surface area contributed by atoms with Crippen LogP contribution in [-0.4, -0.2) is 30.3 Å². The lowest BCUT2D eigenvalue weighted by Crippen LogP contribution is -2.32. The van der Waals surface area contributed by atoms with Gasteiger partial charge < -0.3 is 21.1 Å². The molecule has 5 nitrogen and oxygen atoms in total. The molecule has 23 heavy (non-hydrogen) atoms. The van der Waals surface area contributed by atoms with Crippen LogP contribution >= 0.6 is 0 Å². The van der Waals surface area contributed by atoms with Crippen molar-refractivity contribution in [3.8, 4) is 0 Å². The zero-order chi connectivity index (χ0) is 16.9. The average Bonchev–Trinajstić information content (AvgIpc) is 3.29. The van der Waals surface area contributed by atoms with E-state index in [0.29, 0.717) is 6.04 Å². The molecule has 1 aromatic carbocycles. The molecule has 0 saturated heterocycles. The zero-order valence-electron chi connectivity index (χ0n) is 14.4. The van der Waals surface area contributed by atoms with Gasteiger partial charge in [-0.2, -0.15) is 0 Å². The van der Waals surface area contributed by atoms with E-state index in [-0.39, 0.29) is 24.1 Å². The Balaban J connectivity index is 1.81. The molecule has 0 aromatic heterocycles. The summed E-state index contributed by atoms with van der Waals surface area (Å²) in [6.07, 6.45) is 2.95. The SMILES string of the molecule is CC(NCC(C)(C)CCO)c1ccc(NC(=O)NC2CC2)cc1. The Kier molecular flexibility index (Phi) is 6.02.